The second-order valence-corrected chi connectivity index (χ2v) is 6.44. The number of benzene rings is 2. The summed E-state index contributed by atoms with van der Waals surface area (Å²) in [7, 11) is 0. The fourth-order valence-corrected chi connectivity index (χ4v) is 3.19. The Kier molecular flexibility index (Phi) is 3.78. The molecule has 0 aliphatic carbocycles. The molecular formula is C19H14BrN3O. The molecule has 4 rings (SSSR count). The summed E-state index contributed by atoms with van der Waals surface area (Å²) in [5, 5.41) is 3.46. The van der Waals surface area contributed by atoms with Gasteiger partial charge in [-0.3, -0.25) is 14.7 Å². The van der Waals surface area contributed by atoms with Crippen molar-refractivity contribution < 1.29 is 4.79 Å². The molecule has 1 aromatic heterocycles. The highest BCUT2D eigenvalue weighted by Crippen LogP contribution is 2.37. The summed E-state index contributed by atoms with van der Waals surface area (Å²) in [6, 6.07) is 19.3. The summed E-state index contributed by atoms with van der Waals surface area (Å²) < 4.78 is 1.01. The molecule has 24 heavy (non-hydrogen) atoms. The van der Waals surface area contributed by atoms with Gasteiger partial charge in [0.1, 0.15) is 6.17 Å². The lowest BCUT2D eigenvalue weighted by molar-refractivity contribution is 0.0993. The quantitative estimate of drug-likeness (QED) is 0.722. The van der Waals surface area contributed by atoms with Crippen molar-refractivity contribution in [1.29, 1.82) is 0 Å². The first-order chi connectivity index (χ1) is 11.7. The zero-order valence-electron chi connectivity index (χ0n) is 12.7. The molecule has 0 saturated heterocycles. The fraction of sp³-hybridized carbons (Fsp3) is 0.0526. The van der Waals surface area contributed by atoms with E-state index in [1.165, 1.54) is 0 Å². The molecule has 2 heterocycles. The van der Waals surface area contributed by atoms with Crippen LogP contribution < -0.4 is 10.2 Å². The molecule has 1 aliphatic heterocycles. The van der Waals surface area contributed by atoms with Crippen molar-refractivity contribution in [3.8, 4) is 0 Å². The molecule has 3 aromatic rings. The van der Waals surface area contributed by atoms with Crippen LogP contribution in [0.5, 0.6) is 0 Å². The van der Waals surface area contributed by atoms with E-state index in [4.69, 9.17) is 0 Å². The van der Waals surface area contributed by atoms with Crippen LogP contribution in [0.2, 0.25) is 0 Å². The molecule has 2 aromatic carbocycles. The predicted molar refractivity (Wildman–Crippen MR) is 98.0 cm³/mol. The highest BCUT2D eigenvalue weighted by Gasteiger charge is 2.37. The van der Waals surface area contributed by atoms with Gasteiger partial charge in [0, 0.05) is 27.5 Å². The Balaban J connectivity index is 1.77. The molecule has 0 fully saturated rings. The number of pyridine rings is 1. The number of carbonyl (C=O) groups excluding carboxylic acids is 1. The fourth-order valence-electron chi connectivity index (χ4n) is 2.93. The van der Waals surface area contributed by atoms with Crippen LogP contribution in [0.15, 0.2) is 77.5 Å². The van der Waals surface area contributed by atoms with E-state index in [-0.39, 0.29) is 12.1 Å². The SMILES string of the molecule is O=C1c2ccccc2[C@@H](Nc2ccc(Br)cc2)N1c1cccnc1. The lowest BCUT2D eigenvalue weighted by Gasteiger charge is -2.27. The van der Waals surface area contributed by atoms with Crippen molar-refractivity contribution in [1.82, 2.24) is 4.98 Å². The Hall–Kier alpha value is -2.66. The number of halogens is 1. The number of nitrogens with one attached hydrogen (secondary N) is 1. The molecule has 5 heteroatoms. The van der Waals surface area contributed by atoms with Gasteiger partial charge in [0.05, 0.1) is 11.9 Å². The molecule has 0 radical (unpaired) electrons. The molecule has 0 bridgehead atoms. The van der Waals surface area contributed by atoms with Crippen molar-refractivity contribution in [2.24, 2.45) is 0 Å². The van der Waals surface area contributed by atoms with Crippen molar-refractivity contribution in [3.05, 3.63) is 88.7 Å². The maximum absolute atomic E-state index is 12.9. The average Bonchev–Trinajstić information content (AvgIpc) is 2.90. The Morgan fingerprint density at radius 1 is 1.00 bits per heavy atom. The first-order valence-electron chi connectivity index (χ1n) is 7.59. The number of aromatic nitrogens is 1. The summed E-state index contributed by atoms with van der Waals surface area (Å²) in [6.45, 7) is 0. The molecule has 1 amide bonds. The van der Waals surface area contributed by atoms with E-state index in [0.29, 0.717) is 0 Å². The van der Waals surface area contributed by atoms with E-state index in [0.717, 1.165) is 27.0 Å². The summed E-state index contributed by atoms with van der Waals surface area (Å²) in [5.74, 6) is -0.0202. The minimum absolute atomic E-state index is 0.0202. The first-order valence-corrected chi connectivity index (χ1v) is 8.38. The van der Waals surface area contributed by atoms with Gasteiger partial charge in [-0.1, -0.05) is 34.1 Å². The van der Waals surface area contributed by atoms with Crippen LogP contribution in [0.25, 0.3) is 0 Å². The Morgan fingerprint density at radius 2 is 1.79 bits per heavy atom. The standard InChI is InChI=1S/C19H14BrN3O/c20-13-7-9-14(10-8-13)22-18-16-5-1-2-6-17(16)19(24)23(18)15-4-3-11-21-12-15/h1-12,18,22H/t18-/m0/s1. The Morgan fingerprint density at radius 3 is 2.54 bits per heavy atom. The molecule has 1 atom stereocenters. The normalized spacial score (nSPS) is 16.1. The van der Waals surface area contributed by atoms with Gasteiger partial charge in [0.2, 0.25) is 0 Å². The monoisotopic (exact) mass is 379 g/mol. The minimum atomic E-state index is -0.265. The van der Waals surface area contributed by atoms with Gasteiger partial charge in [0.15, 0.2) is 0 Å². The number of nitrogens with zero attached hydrogens (tertiary/aromatic N) is 2. The van der Waals surface area contributed by atoms with Gasteiger partial charge in [-0.2, -0.15) is 0 Å². The third kappa shape index (κ3) is 2.57. The molecular weight excluding hydrogens is 366 g/mol. The largest absolute Gasteiger partial charge is 0.361 e. The predicted octanol–water partition coefficient (Wildman–Crippen LogP) is 4.62. The van der Waals surface area contributed by atoms with E-state index in [1.54, 1.807) is 17.3 Å². The smallest absolute Gasteiger partial charge is 0.260 e. The molecule has 0 saturated carbocycles. The van der Waals surface area contributed by atoms with Crippen molar-refractivity contribution in [2.75, 3.05) is 10.2 Å². The number of hydrogen-bond acceptors (Lipinski definition) is 3. The first kappa shape index (κ1) is 14.9. The maximum Gasteiger partial charge on any atom is 0.260 e. The van der Waals surface area contributed by atoms with E-state index in [9.17, 15) is 4.79 Å². The summed E-state index contributed by atoms with van der Waals surface area (Å²) in [4.78, 5) is 18.8. The van der Waals surface area contributed by atoms with Crippen LogP contribution in [-0.4, -0.2) is 10.9 Å². The average molecular weight is 380 g/mol. The molecule has 1 aliphatic rings. The van der Waals surface area contributed by atoms with Crippen LogP contribution in [0.3, 0.4) is 0 Å². The summed E-state index contributed by atoms with van der Waals surface area (Å²) in [5.41, 5.74) is 3.40. The third-order valence-electron chi connectivity index (χ3n) is 4.03. The molecule has 0 unspecified atom stereocenters. The number of amides is 1. The number of fused-ring (bicyclic) bond motifs is 1. The van der Waals surface area contributed by atoms with E-state index in [2.05, 4.69) is 26.2 Å². The lowest BCUT2D eigenvalue weighted by atomic mass is 10.1. The van der Waals surface area contributed by atoms with Gasteiger partial charge in [0.25, 0.3) is 5.91 Å². The van der Waals surface area contributed by atoms with Gasteiger partial charge in [-0.25, -0.2) is 0 Å². The highest BCUT2D eigenvalue weighted by atomic mass is 79.9. The van der Waals surface area contributed by atoms with Crippen LogP contribution in [0, 0.1) is 0 Å². The number of carbonyl (C=O) groups is 1. The third-order valence-corrected chi connectivity index (χ3v) is 4.56. The van der Waals surface area contributed by atoms with Crippen molar-refractivity contribution >= 4 is 33.2 Å². The van der Waals surface area contributed by atoms with Gasteiger partial charge in [-0.05, 0) is 42.5 Å². The van der Waals surface area contributed by atoms with Crippen molar-refractivity contribution in [2.45, 2.75) is 6.17 Å². The zero-order valence-corrected chi connectivity index (χ0v) is 14.3. The molecule has 0 spiro atoms. The van der Waals surface area contributed by atoms with E-state index >= 15 is 0 Å². The summed E-state index contributed by atoms with van der Waals surface area (Å²) >= 11 is 3.44. The zero-order chi connectivity index (χ0) is 16.5. The molecule has 118 valence electrons. The topological polar surface area (TPSA) is 45.2 Å². The van der Waals surface area contributed by atoms with Gasteiger partial charge < -0.3 is 5.32 Å². The number of hydrogen-bond donors (Lipinski definition) is 1. The maximum atomic E-state index is 12.9. The van der Waals surface area contributed by atoms with E-state index in [1.807, 2.05) is 60.7 Å². The number of rotatable bonds is 3. The summed E-state index contributed by atoms with van der Waals surface area (Å²) in [6.07, 6.45) is 3.15. The van der Waals surface area contributed by atoms with Crippen LogP contribution in [0.4, 0.5) is 11.4 Å². The molecule has 4 nitrogen and oxygen atoms in total. The Bertz CT molecular complexity index is 881. The van der Waals surface area contributed by atoms with Crippen LogP contribution >= 0.6 is 15.9 Å². The molecule has 1 N–H and O–H groups in total. The minimum Gasteiger partial charge on any atom is -0.361 e. The van der Waals surface area contributed by atoms with Crippen molar-refractivity contribution in [3.63, 3.8) is 0 Å². The van der Waals surface area contributed by atoms with Gasteiger partial charge >= 0.3 is 0 Å². The van der Waals surface area contributed by atoms with Crippen LogP contribution in [0.1, 0.15) is 22.1 Å². The Labute approximate surface area is 148 Å². The second-order valence-electron chi connectivity index (χ2n) is 5.53. The highest BCUT2D eigenvalue weighted by molar-refractivity contribution is 9.10. The number of anilines is 2. The second kappa shape index (κ2) is 6.09. The van der Waals surface area contributed by atoms with Crippen LogP contribution in [-0.2, 0) is 0 Å². The lowest BCUT2D eigenvalue weighted by Crippen LogP contribution is -2.32. The van der Waals surface area contributed by atoms with E-state index < -0.39 is 0 Å². The van der Waals surface area contributed by atoms with Gasteiger partial charge in [-0.15, -0.1) is 0 Å².